The van der Waals surface area contributed by atoms with Crippen LogP contribution in [0.15, 0.2) is 4.99 Å². The van der Waals surface area contributed by atoms with Crippen molar-refractivity contribution in [2.45, 2.75) is 75.9 Å². The van der Waals surface area contributed by atoms with Crippen LogP contribution in [0.3, 0.4) is 0 Å². The van der Waals surface area contributed by atoms with Crippen molar-refractivity contribution < 1.29 is 9.84 Å². The fraction of sp³-hybridized carbons (Fsp3) is 0.947. The van der Waals surface area contributed by atoms with Crippen LogP contribution in [0.2, 0.25) is 0 Å². The van der Waals surface area contributed by atoms with Gasteiger partial charge in [0.15, 0.2) is 5.96 Å². The lowest BCUT2D eigenvalue weighted by Crippen LogP contribution is -2.50. The molecule has 0 bridgehead atoms. The van der Waals surface area contributed by atoms with E-state index in [9.17, 15) is 5.11 Å². The number of aliphatic imine (C=N–C) groups is 1. The molecule has 3 aliphatic rings. The van der Waals surface area contributed by atoms with E-state index in [-0.39, 0.29) is 0 Å². The van der Waals surface area contributed by atoms with Gasteiger partial charge in [0.2, 0.25) is 0 Å². The normalized spacial score (nSPS) is 26.2. The molecule has 0 atom stereocenters. The van der Waals surface area contributed by atoms with Crippen molar-refractivity contribution in [2.24, 2.45) is 10.9 Å². The van der Waals surface area contributed by atoms with E-state index in [1.54, 1.807) is 0 Å². The molecule has 0 radical (unpaired) electrons. The third-order valence-electron chi connectivity index (χ3n) is 6.11. The van der Waals surface area contributed by atoms with Crippen LogP contribution in [-0.4, -0.2) is 61.0 Å². The first-order valence-electron chi connectivity index (χ1n) is 9.98. The number of hydrogen-bond acceptors (Lipinski definition) is 3. The van der Waals surface area contributed by atoms with Gasteiger partial charge in [0, 0.05) is 33.3 Å². The Morgan fingerprint density at radius 2 is 1.79 bits per heavy atom. The summed E-state index contributed by atoms with van der Waals surface area (Å²) < 4.78 is 6.16. The number of ether oxygens (including phenoxy) is 1. The number of nitrogens with one attached hydrogen (secondary N) is 1. The van der Waals surface area contributed by atoms with Crippen LogP contribution in [0.4, 0.5) is 0 Å². The minimum absolute atomic E-state index is 0.416. The predicted octanol–water partition coefficient (Wildman–Crippen LogP) is 2.54. The fourth-order valence-electron chi connectivity index (χ4n) is 4.47. The van der Waals surface area contributed by atoms with Crippen LogP contribution in [0, 0.1) is 5.92 Å². The summed E-state index contributed by atoms with van der Waals surface area (Å²) in [5.41, 5.74) is -0.529. The molecule has 3 rings (SSSR count). The standard InChI is InChI=1S/C19H35N3O2/c1-20-18(21-15-19(23)10-4-5-11-19)22-12-8-17(9-13-22)24-14-16-6-2-3-7-16/h16-17,23H,2-15H2,1H3,(H,20,21). The number of aliphatic hydroxyl groups is 1. The lowest BCUT2D eigenvalue weighted by Gasteiger charge is -2.35. The Labute approximate surface area is 146 Å². The fourth-order valence-corrected chi connectivity index (χ4v) is 4.47. The Morgan fingerprint density at radius 1 is 1.12 bits per heavy atom. The maximum atomic E-state index is 10.5. The molecule has 24 heavy (non-hydrogen) atoms. The summed E-state index contributed by atoms with van der Waals surface area (Å²) in [4.78, 5) is 6.73. The van der Waals surface area contributed by atoms with E-state index in [1.807, 2.05) is 7.05 Å². The quantitative estimate of drug-likeness (QED) is 0.598. The van der Waals surface area contributed by atoms with Gasteiger partial charge in [-0.1, -0.05) is 25.7 Å². The first kappa shape index (κ1) is 18.0. The van der Waals surface area contributed by atoms with Crippen molar-refractivity contribution in [3.63, 3.8) is 0 Å². The van der Waals surface area contributed by atoms with Crippen molar-refractivity contribution in [3.8, 4) is 0 Å². The maximum Gasteiger partial charge on any atom is 0.193 e. The number of piperidine rings is 1. The highest BCUT2D eigenvalue weighted by atomic mass is 16.5. The number of nitrogens with zero attached hydrogens (tertiary/aromatic N) is 2. The van der Waals surface area contributed by atoms with E-state index in [4.69, 9.17) is 4.74 Å². The zero-order chi connectivity index (χ0) is 16.8. The van der Waals surface area contributed by atoms with Gasteiger partial charge < -0.3 is 20.1 Å². The molecule has 1 heterocycles. The second-order valence-corrected chi connectivity index (χ2v) is 8.00. The molecule has 0 aromatic heterocycles. The minimum Gasteiger partial charge on any atom is -0.388 e. The van der Waals surface area contributed by atoms with Crippen molar-refractivity contribution in [1.29, 1.82) is 0 Å². The molecule has 3 fully saturated rings. The highest BCUT2D eigenvalue weighted by molar-refractivity contribution is 5.80. The summed E-state index contributed by atoms with van der Waals surface area (Å²) in [5, 5.41) is 13.9. The molecule has 138 valence electrons. The molecule has 0 unspecified atom stereocenters. The van der Waals surface area contributed by atoms with Crippen molar-refractivity contribution in [1.82, 2.24) is 10.2 Å². The van der Waals surface area contributed by atoms with Crippen LogP contribution >= 0.6 is 0 Å². The minimum atomic E-state index is -0.529. The summed E-state index contributed by atoms with van der Waals surface area (Å²) in [6.45, 7) is 3.57. The molecule has 1 aliphatic heterocycles. The number of rotatable bonds is 5. The van der Waals surface area contributed by atoms with Gasteiger partial charge in [-0.3, -0.25) is 4.99 Å². The van der Waals surface area contributed by atoms with E-state index in [0.717, 1.165) is 70.1 Å². The van der Waals surface area contributed by atoms with Gasteiger partial charge >= 0.3 is 0 Å². The molecule has 2 N–H and O–H groups in total. The van der Waals surface area contributed by atoms with Gasteiger partial charge in [-0.15, -0.1) is 0 Å². The average Bonchev–Trinajstić information content (AvgIpc) is 3.27. The van der Waals surface area contributed by atoms with Crippen LogP contribution < -0.4 is 5.32 Å². The molecule has 5 nitrogen and oxygen atoms in total. The second-order valence-electron chi connectivity index (χ2n) is 8.00. The Hall–Kier alpha value is -0.810. The van der Waals surface area contributed by atoms with Crippen molar-refractivity contribution in [2.75, 3.05) is 33.3 Å². The molecular formula is C19H35N3O2. The van der Waals surface area contributed by atoms with Crippen LogP contribution in [0.25, 0.3) is 0 Å². The Kier molecular flexibility index (Phi) is 6.39. The number of hydrogen-bond donors (Lipinski definition) is 2. The smallest absolute Gasteiger partial charge is 0.193 e. The topological polar surface area (TPSA) is 57.1 Å². The summed E-state index contributed by atoms with van der Waals surface area (Å²) in [7, 11) is 1.84. The molecule has 0 aromatic carbocycles. The van der Waals surface area contributed by atoms with E-state index in [2.05, 4.69) is 15.2 Å². The molecule has 0 spiro atoms. The third kappa shape index (κ3) is 4.85. The molecule has 2 aliphatic carbocycles. The lowest BCUT2D eigenvalue weighted by molar-refractivity contribution is 0.000558. The Bertz CT molecular complexity index is 407. The van der Waals surface area contributed by atoms with Gasteiger partial charge in [-0.2, -0.15) is 0 Å². The van der Waals surface area contributed by atoms with Gasteiger partial charge in [0.05, 0.1) is 11.7 Å². The molecular weight excluding hydrogens is 302 g/mol. The summed E-state index contributed by atoms with van der Waals surface area (Å²) in [6, 6.07) is 0. The van der Waals surface area contributed by atoms with E-state index < -0.39 is 5.60 Å². The first-order valence-corrected chi connectivity index (χ1v) is 9.98. The number of guanidine groups is 1. The largest absolute Gasteiger partial charge is 0.388 e. The summed E-state index contributed by atoms with van der Waals surface area (Å²) in [6.07, 6.45) is 12.2. The summed E-state index contributed by atoms with van der Waals surface area (Å²) >= 11 is 0. The van der Waals surface area contributed by atoms with Crippen LogP contribution in [0.1, 0.15) is 64.2 Å². The number of likely N-dealkylation sites (tertiary alicyclic amines) is 1. The molecule has 0 amide bonds. The third-order valence-corrected chi connectivity index (χ3v) is 6.11. The van der Waals surface area contributed by atoms with E-state index in [0.29, 0.717) is 12.6 Å². The predicted molar refractivity (Wildman–Crippen MR) is 97.3 cm³/mol. The average molecular weight is 338 g/mol. The van der Waals surface area contributed by atoms with Gasteiger partial charge in [-0.05, 0) is 44.4 Å². The van der Waals surface area contributed by atoms with Crippen molar-refractivity contribution in [3.05, 3.63) is 0 Å². The maximum absolute atomic E-state index is 10.5. The van der Waals surface area contributed by atoms with Gasteiger partial charge in [0.25, 0.3) is 0 Å². The van der Waals surface area contributed by atoms with Crippen LogP contribution in [0.5, 0.6) is 0 Å². The van der Waals surface area contributed by atoms with E-state index in [1.165, 1.54) is 25.7 Å². The highest BCUT2D eigenvalue weighted by Gasteiger charge is 2.32. The summed E-state index contributed by atoms with van der Waals surface area (Å²) in [5.74, 6) is 1.74. The van der Waals surface area contributed by atoms with Crippen molar-refractivity contribution >= 4 is 5.96 Å². The van der Waals surface area contributed by atoms with E-state index >= 15 is 0 Å². The molecule has 5 heteroatoms. The van der Waals surface area contributed by atoms with Crippen LogP contribution in [-0.2, 0) is 4.74 Å². The molecule has 2 saturated carbocycles. The monoisotopic (exact) mass is 337 g/mol. The molecule has 0 aromatic rings. The highest BCUT2D eigenvalue weighted by Crippen LogP contribution is 2.29. The SMILES string of the molecule is CN=C(NCC1(O)CCCC1)N1CCC(OCC2CCCC2)CC1. The Morgan fingerprint density at radius 3 is 2.42 bits per heavy atom. The lowest BCUT2D eigenvalue weighted by atomic mass is 10.0. The first-order chi connectivity index (χ1) is 11.7. The van der Waals surface area contributed by atoms with Gasteiger partial charge in [-0.25, -0.2) is 0 Å². The molecule has 1 saturated heterocycles. The second kappa shape index (κ2) is 8.52. The zero-order valence-electron chi connectivity index (χ0n) is 15.3. The van der Waals surface area contributed by atoms with Gasteiger partial charge in [0.1, 0.15) is 0 Å². The Balaban J connectivity index is 1.37. The zero-order valence-corrected chi connectivity index (χ0v) is 15.3.